The Balaban J connectivity index is 0.00000272. The van der Waals surface area contributed by atoms with Crippen molar-refractivity contribution in [3.8, 4) is 5.75 Å². The molecule has 2 aliphatic rings. The molecule has 2 aliphatic carbocycles. The maximum Gasteiger partial charge on any atom is -1.00 e. The summed E-state index contributed by atoms with van der Waals surface area (Å²) in [4.78, 5) is 0. The molecular weight excluding hydrogens is 563 g/mol. The first-order valence-electron chi connectivity index (χ1n) is 11.4. The predicted molar refractivity (Wildman–Crippen MR) is 134 cm³/mol. The van der Waals surface area contributed by atoms with Crippen LogP contribution in [0.1, 0.15) is 65.2 Å². The zero-order valence-electron chi connectivity index (χ0n) is 21.8. The van der Waals surface area contributed by atoms with Crippen LogP contribution in [0.25, 0.3) is 6.08 Å². The number of hydrogen-bond acceptors (Lipinski definition) is 2. The molecule has 33 heavy (non-hydrogen) atoms. The quantitative estimate of drug-likeness (QED) is 0.483. The van der Waals surface area contributed by atoms with E-state index in [1.807, 2.05) is 0 Å². The van der Waals surface area contributed by atoms with Gasteiger partial charge in [0, 0.05) is 0 Å². The Hall–Kier alpha value is 0.0969. The van der Waals surface area contributed by atoms with E-state index >= 15 is 0 Å². The predicted octanol–water partition coefficient (Wildman–Crippen LogP) is 2.30. The second kappa shape index (κ2) is 10.6. The molecule has 0 aliphatic heterocycles. The van der Waals surface area contributed by atoms with E-state index < -0.39 is 16.6 Å². The fourth-order valence-electron chi connectivity index (χ4n) is 3.47. The van der Waals surface area contributed by atoms with Crippen LogP contribution in [0.3, 0.4) is 0 Å². The summed E-state index contributed by atoms with van der Waals surface area (Å²) >= 11 is 1.50. The Bertz CT molecular complexity index is 967. The molecular formula is C26H39Cl2O2Si2Zr. The Kier molecular flexibility index (Phi) is 10.0. The molecule has 0 heterocycles. The zero-order valence-corrected chi connectivity index (χ0v) is 27.8. The van der Waals surface area contributed by atoms with E-state index in [-0.39, 0.29) is 41.0 Å². The number of allylic oxidation sites excluding steroid dienone is 3. The van der Waals surface area contributed by atoms with Crippen LogP contribution in [-0.4, -0.2) is 16.6 Å². The summed E-state index contributed by atoms with van der Waals surface area (Å²) in [5, 5.41) is 0.300. The van der Waals surface area contributed by atoms with Crippen LogP contribution in [0, 0.1) is 0 Å². The summed E-state index contributed by atoms with van der Waals surface area (Å²) in [7, 11) is -3.97. The van der Waals surface area contributed by atoms with E-state index in [4.69, 9.17) is 8.85 Å². The summed E-state index contributed by atoms with van der Waals surface area (Å²) in [5.74, 6) is 1.02. The minimum atomic E-state index is -2.00. The fraction of sp³-hybridized carbons (Fsp3) is 0.538. The third kappa shape index (κ3) is 6.27. The van der Waals surface area contributed by atoms with E-state index in [2.05, 4.69) is 104 Å². The van der Waals surface area contributed by atoms with E-state index in [0.29, 0.717) is 0 Å². The third-order valence-corrected chi connectivity index (χ3v) is 17.5. The van der Waals surface area contributed by atoms with Gasteiger partial charge in [0.2, 0.25) is 0 Å². The van der Waals surface area contributed by atoms with Gasteiger partial charge in [-0.15, -0.1) is 0 Å². The van der Waals surface area contributed by atoms with E-state index in [9.17, 15) is 0 Å². The van der Waals surface area contributed by atoms with Crippen molar-refractivity contribution in [2.24, 2.45) is 0 Å². The molecule has 1 atom stereocenters. The minimum Gasteiger partial charge on any atom is -1.00 e. The maximum atomic E-state index is 7.15. The molecule has 1 unspecified atom stereocenters. The first-order valence-corrected chi connectivity index (χ1v) is 18.4. The molecule has 1 aromatic rings. The van der Waals surface area contributed by atoms with Crippen molar-refractivity contribution in [2.45, 2.75) is 90.3 Å². The average molecular weight is 602 g/mol. The van der Waals surface area contributed by atoms with Crippen molar-refractivity contribution in [3.05, 3.63) is 55.9 Å². The molecule has 3 rings (SSSR count). The molecule has 1 aromatic carbocycles. The molecule has 2 nitrogen and oxygen atoms in total. The van der Waals surface area contributed by atoms with E-state index in [1.165, 1.54) is 50.3 Å². The van der Waals surface area contributed by atoms with Crippen LogP contribution >= 0.6 is 0 Å². The van der Waals surface area contributed by atoms with Gasteiger partial charge in [0.05, 0.1) is 0 Å². The molecule has 0 aromatic heterocycles. The molecule has 0 saturated heterocycles. The van der Waals surface area contributed by atoms with E-state index in [0.717, 1.165) is 12.2 Å². The van der Waals surface area contributed by atoms with Gasteiger partial charge in [0.25, 0.3) is 0 Å². The molecule has 0 bridgehead atoms. The summed E-state index contributed by atoms with van der Waals surface area (Å²) in [6.45, 7) is 23.2. The van der Waals surface area contributed by atoms with Gasteiger partial charge in [-0.25, -0.2) is 0 Å². The zero-order chi connectivity index (χ0) is 23.4. The second-order valence-corrected chi connectivity index (χ2v) is 22.9. The van der Waals surface area contributed by atoms with Crippen molar-refractivity contribution >= 4 is 22.7 Å². The van der Waals surface area contributed by atoms with Crippen LogP contribution in [0.2, 0.25) is 36.3 Å². The van der Waals surface area contributed by atoms with Gasteiger partial charge in [0.15, 0.2) is 0 Å². The van der Waals surface area contributed by atoms with Crippen molar-refractivity contribution < 1.29 is 58.4 Å². The van der Waals surface area contributed by atoms with Crippen LogP contribution in [0.15, 0.2) is 44.8 Å². The average Bonchev–Trinajstić information content (AvgIpc) is 3.16. The number of hydrogen-bond donors (Lipinski definition) is 0. The Morgan fingerprint density at radius 1 is 0.909 bits per heavy atom. The molecule has 181 valence electrons. The summed E-state index contributed by atoms with van der Waals surface area (Å²) in [6, 6.07) is 6.53. The number of benzene rings is 1. The van der Waals surface area contributed by atoms with Gasteiger partial charge in [-0.3, -0.25) is 0 Å². The first-order chi connectivity index (χ1) is 14.1. The molecule has 0 spiro atoms. The summed E-state index contributed by atoms with van der Waals surface area (Å²) in [5.41, 5.74) is 5.21. The van der Waals surface area contributed by atoms with Gasteiger partial charge in [-0.1, -0.05) is 0 Å². The van der Waals surface area contributed by atoms with Gasteiger partial charge < -0.3 is 24.8 Å². The van der Waals surface area contributed by atoms with Gasteiger partial charge in [0.1, 0.15) is 0 Å². The normalized spacial score (nSPS) is 18.5. The standard InChI is InChI=1S/C26H39O2Si2.2ClH.Zr/c1-25(2,3)29(7,8)27-22-17-13-16-20-18-21(19-14-11-12-15-19)24(23(20)22)28-30(9,10)26(4,5)6;;;/h11,13-14,16-18,24H,12H2,1-10H3;2*1H;/q;;;+2/p-2. The molecule has 0 N–H and O–H groups in total. The molecule has 0 radical (unpaired) electrons. The van der Waals surface area contributed by atoms with Crippen molar-refractivity contribution in [1.29, 1.82) is 0 Å². The molecule has 0 amide bonds. The van der Waals surface area contributed by atoms with Crippen molar-refractivity contribution in [3.63, 3.8) is 0 Å². The Morgan fingerprint density at radius 3 is 1.97 bits per heavy atom. The van der Waals surface area contributed by atoms with Crippen LogP contribution < -0.4 is 29.2 Å². The molecule has 0 saturated carbocycles. The monoisotopic (exact) mass is 599 g/mol. The second-order valence-electron chi connectivity index (χ2n) is 12.0. The van der Waals surface area contributed by atoms with Crippen LogP contribution in [0.5, 0.6) is 5.75 Å². The minimum absolute atomic E-state index is 0. The molecule has 7 heteroatoms. The van der Waals surface area contributed by atoms with Crippen molar-refractivity contribution in [1.82, 2.24) is 0 Å². The van der Waals surface area contributed by atoms with Gasteiger partial charge in [-0.2, -0.15) is 0 Å². The van der Waals surface area contributed by atoms with Crippen LogP contribution in [0.4, 0.5) is 0 Å². The first kappa shape index (κ1) is 31.1. The van der Waals surface area contributed by atoms with Gasteiger partial charge >= 0.3 is 208 Å². The van der Waals surface area contributed by atoms with Gasteiger partial charge in [-0.05, 0) is 0 Å². The van der Waals surface area contributed by atoms with Crippen molar-refractivity contribution in [2.75, 3.05) is 0 Å². The maximum absolute atomic E-state index is 7.15. The van der Waals surface area contributed by atoms with E-state index in [1.54, 1.807) is 0 Å². The topological polar surface area (TPSA) is 18.5 Å². The summed E-state index contributed by atoms with van der Waals surface area (Å²) in [6.07, 6.45) is 7.98. The Morgan fingerprint density at radius 2 is 1.48 bits per heavy atom. The third-order valence-electron chi connectivity index (χ3n) is 7.59. The largest absolute Gasteiger partial charge is 1.00 e. The fourth-order valence-corrected chi connectivity index (χ4v) is 6.54. The molecule has 0 fully saturated rings. The number of halogens is 2. The number of rotatable bonds is 5. The smallest absolute Gasteiger partial charge is 1.00 e. The SMILES string of the molecule is CC(C)(C)[Si](C)(C)Oc1cccc2c1C(O[Si](C)(C)C(C)(C)C)C(C1=[C]([Zr+2])CC=C1)=C2.[Cl-].[Cl-]. The summed E-state index contributed by atoms with van der Waals surface area (Å²) < 4.78 is 15.6. The van der Waals surface area contributed by atoms with Crippen LogP contribution in [-0.2, 0) is 29.1 Å². The Labute approximate surface area is 231 Å². The number of fused-ring (bicyclic) bond motifs is 1.